The normalized spacial score (nSPS) is 12.1. The number of alkyl halides is 3. The lowest BCUT2D eigenvalue weighted by Crippen LogP contribution is -2.40. The summed E-state index contributed by atoms with van der Waals surface area (Å²) in [6.07, 6.45) is -3.87. The highest BCUT2D eigenvalue weighted by Crippen LogP contribution is 2.36. The van der Waals surface area contributed by atoms with Crippen molar-refractivity contribution < 1.29 is 26.4 Å². The third kappa shape index (κ3) is 4.51. The van der Waals surface area contributed by atoms with E-state index in [1.807, 2.05) is 0 Å². The summed E-state index contributed by atoms with van der Waals surface area (Å²) in [5.74, 6) is -0.598. The number of amides is 1. The van der Waals surface area contributed by atoms with Gasteiger partial charge in [-0.2, -0.15) is 13.2 Å². The number of carbonyl (C=O) groups is 1. The Hall–Kier alpha value is -1.48. The number of likely N-dealkylation sites (N-methyl/N-ethyl adjacent to an activating group) is 1. The second kappa shape index (κ2) is 6.33. The van der Waals surface area contributed by atoms with E-state index in [1.54, 1.807) is 0 Å². The Kier molecular flexibility index (Phi) is 5.34. The maximum atomic E-state index is 12.8. The Morgan fingerprint density at radius 1 is 1.27 bits per heavy atom. The molecule has 0 aliphatic carbocycles. The second-order valence-corrected chi connectivity index (χ2v) is 7.04. The Morgan fingerprint density at radius 2 is 1.82 bits per heavy atom. The summed E-state index contributed by atoms with van der Waals surface area (Å²) < 4.78 is 62.5. The molecule has 0 fully saturated rings. The highest BCUT2D eigenvalue weighted by Gasteiger charge is 2.33. The number of sulfonamides is 1. The zero-order chi connectivity index (χ0) is 17.3. The molecule has 0 spiro atoms. The number of rotatable bonds is 4. The summed E-state index contributed by atoms with van der Waals surface area (Å²) in [4.78, 5) is 12.8. The van der Waals surface area contributed by atoms with E-state index >= 15 is 0 Å². The molecule has 0 aliphatic heterocycles. The van der Waals surface area contributed by atoms with Gasteiger partial charge in [-0.1, -0.05) is 11.6 Å². The largest absolute Gasteiger partial charge is 0.416 e. The molecule has 1 amide bonds. The van der Waals surface area contributed by atoms with Crippen LogP contribution in [0.15, 0.2) is 18.2 Å². The first-order valence-corrected chi connectivity index (χ1v) is 8.11. The van der Waals surface area contributed by atoms with Crippen molar-refractivity contribution >= 4 is 33.2 Å². The van der Waals surface area contributed by atoms with Gasteiger partial charge in [-0.05, 0) is 18.2 Å². The van der Waals surface area contributed by atoms with Gasteiger partial charge in [0, 0.05) is 14.1 Å². The topological polar surface area (TPSA) is 57.7 Å². The van der Waals surface area contributed by atoms with Crippen LogP contribution in [0, 0.1) is 0 Å². The van der Waals surface area contributed by atoms with Crippen LogP contribution in [0.1, 0.15) is 5.56 Å². The van der Waals surface area contributed by atoms with E-state index in [1.165, 1.54) is 14.1 Å². The molecule has 22 heavy (non-hydrogen) atoms. The van der Waals surface area contributed by atoms with E-state index in [0.717, 1.165) is 23.3 Å². The Labute approximate surface area is 131 Å². The van der Waals surface area contributed by atoms with Crippen molar-refractivity contribution in [3.05, 3.63) is 28.8 Å². The summed E-state index contributed by atoms with van der Waals surface area (Å²) in [6.45, 7) is -0.646. The second-order valence-electron chi connectivity index (χ2n) is 4.72. The molecule has 1 aromatic carbocycles. The number of hydrogen-bond donors (Lipinski definition) is 0. The van der Waals surface area contributed by atoms with Gasteiger partial charge < -0.3 is 4.90 Å². The molecule has 1 aromatic rings. The smallest absolute Gasteiger partial charge is 0.347 e. The summed E-state index contributed by atoms with van der Waals surface area (Å²) >= 11 is 5.81. The monoisotopic (exact) mass is 358 g/mol. The molecule has 10 heteroatoms. The Balaban J connectivity index is 3.40. The predicted octanol–water partition coefficient (Wildman–Crippen LogP) is 2.21. The van der Waals surface area contributed by atoms with Crippen LogP contribution >= 0.6 is 11.6 Å². The number of carbonyl (C=O) groups excluding carboxylic acids is 1. The lowest BCUT2D eigenvalue weighted by molar-refractivity contribution is -0.137. The third-order valence-electron chi connectivity index (χ3n) is 2.72. The molecule has 124 valence electrons. The first kappa shape index (κ1) is 18.6. The van der Waals surface area contributed by atoms with E-state index < -0.39 is 39.9 Å². The molecule has 0 aromatic heterocycles. The van der Waals surface area contributed by atoms with Crippen molar-refractivity contribution in [2.24, 2.45) is 0 Å². The molecule has 0 radical (unpaired) electrons. The van der Waals surface area contributed by atoms with Gasteiger partial charge >= 0.3 is 6.18 Å². The molecule has 0 bridgehead atoms. The molecule has 0 atom stereocenters. The minimum Gasteiger partial charge on any atom is -0.347 e. The van der Waals surface area contributed by atoms with Crippen molar-refractivity contribution in [1.29, 1.82) is 0 Å². The molecular formula is C12H14ClF3N2O3S. The fraction of sp³-hybridized carbons (Fsp3) is 0.417. The Bertz CT molecular complexity index is 675. The van der Waals surface area contributed by atoms with Gasteiger partial charge in [-0.3, -0.25) is 9.10 Å². The summed E-state index contributed by atoms with van der Waals surface area (Å²) in [6, 6.07) is 2.28. The number of nitrogens with zero attached hydrogens (tertiary/aromatic N) is 2. The molecule has 0 aliphatic rings. The zero-order valence-corrected chi connectivity index (χ0v) is 13.6. The van der Waals surface area contributed by atoms with Crippen molar-refractivity contribution in [2.45, 2.75) is 6.18 Å². The fourth-order valence-electron chi connectivity index (χ4n) is 1.53. The molecule has 5 nitrogen and oxygen atoms in total. The summed E-state index contributed by atoms with van der Waals surface area (Å²) in [5.41, 5.74) is -1.45. The highest BCUT2D eigenvalue weighted by molar-refractivity contribution is 7.92. The van der Waals surface area contributed by atoms with Gasteiger partial charge in [0.2, 0.25) is 15.9 Å². The highest BCUT2D eigenvalue weighted by atomic mass is 35.5. The number of halogens is 4. The van der Waals surface area contributed by atoms with E-state index in [-0.39, 0.29) is 5.02 Å². The van der Waals surface area contributed by atoms with Crippen LogP contribution in [-0.2, 0) is 21.0 Å². The number of hydrogen-bond acceptors (Lipinski definition) is 3. The van der Waals surface area contributed by atoms with Crippen LogP contribution in [0.4, 0.5) is 18.9 Å². The fourth-order valence-corrected chi connectivity index (χ4v) is 2.65. The lowest BCUT2D eigenvalue weighted by Gasteiger charge is -2.25. The summed E-state index contributed by atoms with van der Waals surface area (Å²) in [7, 11) is -1.20. The average molecular weight is 359 g/mol. The molecule has 0 heterocycles. The Morgan fingerprint density at radius 3 is 2.23 bits per heavy atom. The van der Waals surface area contributed by atoms with Crippen LogP contribution < -0.4 is 4.31 Å². The van der Waals surface area contributed by atoms with Crippen LogP contribution in [0.5, 0.6) is 0 Å². The van der Waals surface area contributed by atoms with Crippen molar-refractivity contribution in [3.63, 3.8) is 0 Å². The first-order chi connectivity index (χ1) is 9.84. The van der Waals surface area contributed by atoms with E-state index in [2.05, 4.69) is 0 Å². The average Bonchev–Trinajstić information content (AvgIpc) is 2.33. The van der Waals surface area contributed by atoms with Crippen LogP contribution in [0.25, 0.3) is 0 Å². The SMILES string of the molecule is CN(C)C(=O)CN(c1cc(C(F)(F)F)ccc1Cl)S(C)(=O)=O. The minimum absolute atomic E-state index is 0.204. The number of anilines is 1. The quantitative estimate of drug-likeness (QED) is 0.829. The van der Waals surface area contributed by atoms with E-state index in [4.69, 9.17) is 11.6 Å². The van der Waals surface area contributed by atoms with Crippen LogP contribution in [0.2, 0.25) is 5.02 Å². The molecule has 0 saturated heterocycles. The summed E-state index contributed by atoms with van der Waals surface area (Å²) in [5, 5.41) is -0.204. The minimum atomic E-state index is -4.66. The maximum Gasteiger partial charge on any atom is 0.416 e. The van der Waals surface area contributed by atoms with Crippen molar-refractivity contribution in [2.75, 3.05) is 31.2 Å². The molecule has 1 rings (SSSR count). The molecule has 0 unspecified atom stereocenters. The third-order valence-corrected chi connectivity index (χ3v) is 4.17. The predicted molar refractivity (Wildman–Crippen MR) is 77.3 cm³/mol. The van der Waals surface area contributed by atoms with E-state index in [0.29, 0.717) is 10.4 Å². The first-order valence-electron chi connectivity index (χ1n) is 5.88. The lowest BCUT2D eigenvalue weighted by atomic mass is 10.2. The van der Waals surface area contributed by atoms with Gasteiger partial charge in [-0.15, -0.1) is 0 Å². The van der Waals surface area contributed by atoms with Crippen molar-refractivity contribution in [1.82, 2.24) is 4.90 Å². The molecular weight excluding hydrogens is 345 g/mol. The van der Waals surface area contributed by atoms with Gasteiger partial charge in [0.05, 0.1) is 22.5 Å². The number of benzene rings is 1. The standard InChI is InChI=1S/C12H14ClF3N2O3S/c1-17(2)11(19)7-18(22(3,20)21)10-6-8(12(14,15)16)4-5-9(10)13/h4-6H,7H2,1-3H3. The van der Waals surface area contributed by atoms with Gasteiger partial charge in [0.1, 0.15) is 6.54 Å². The molecule has 0 N–H and O–H groups in total. The maximum absolute atomic E-state index is 12.8. The zero-order valence-electron chi connectivity index (χ0n) is 12.0. The van der Waals surface area contributed by atoms with Gasteiger partial charge in [0.15, 0.2) is 0 Å². The van der Waals surface area contributed by atoms with Crippen molar-refractivity contribution in [3.8, 4) is 0 Å². The van der Waals surface area contributed by atoms with Crippen LogP contribution in [-0.4, -0.2) is 46.1 Å². The van der Waals surface area contributed by atoms with E-state index in [9.17, 15) is 26.4 Å². The molecule has 0 saturated carbocycles. The van der Waals surface area contributed by atoms with Gasteiger partial charge in [-0.25, -0.2) is 8.42 Å². The van der Waals surface area contributed by atoms with Crippen LogP contribution in [0.3, 0.4) is 0 Å². The van der Waals surface area contributed by atoms with Gasteiger partial charge in [0.25, 0.3) is 0 Å².